The third kappa shape index (κ3) is 3.66. The molecule has 0 amide bonds. The van der Waals surface area contributed by atoms with Gasteiger partial charge in [0.2, 0.25) is 0 Å². The molecule has 0 saturated carbocycles. The summed E-state index contributed by atoms with van der Waals surface area (Å²) in [7, 11) is 0. The molecular weight excluding hydrogens is 512 g/mol. The minimum atomic E-state index is 0.135. The standard InChI is InChI=1S/C40H26O2/c41-37-23-21-33-31(29-15-5-11-25-9-1-3-13-27(25)29)17-7-19-35(33)39(37)40-36-20-8-18-32(34(36)22-24-38(40)42)30-16-6-12-26-10-2-4-14-28(26)30/h1-24,41-42H. The van der Waals surface area contributed by atoms with E-state index in [4.69, 9.17) is 0 Å². The van der Waals surface area contributed by atoms with Crippen molar-refractivity contribution in [2.75, 3.05) is 0 Å². The molecule has 0 heterocycles. The van der Waals surface area contributed by atoms with E-state index in [2.05, 4.69) is 97.1 Å². The van der Waals surface area contributed by atoms with Gasteiger partial charge in [0.15, 0.2) is 0 Å². The minimum Gasteiger partial charge on any atom is -0.507 e. The summed E-state index contributed by atoms with van der Waals surface area (Å²) in [6.07, 6.45) is 0. The van der Waals surface area contributed by atoms with E-state index >= 15 is 0 Å². The largest absolute Gasteiger partial charge is 0.507 e. The fourth-order valence-electron chi connectivity index (χ4n) is 6.61. The molecular formula is C40H26O2. The second kappa shape index (κ2) is 9.50. The molecule has 0 atom stereocenters. The molecule has 0 radical (unpaired) electrons. The molecule has 0 aliphatic carbocycles. The van der Waals surface area contributed by atoms with Crippen LogP contribution in [-0.4, -0.2) is 10.2 Å². The minimum absolute atomic E-state index is 0.135. The van der Waals surface area contributed by atoms with Crippen molar-refractivity contribution < 1.29 is 10.2 Å². The molecule has 2 heteroatoms. The number of hydrogen-bond acceptors (Lipinski definition) is 2. The van der Waals surface area contributed by atoms with Crippen molar-refractivity contribution in [3.63, 3.8) is 0 Å². The highest BCUT2D eigenvalue weighted by atomic mass is 16.3. The lowest BCUT2D eigenvalue weighted by molar-refractivity contribution is 0.470. The van der Waals surface area contributed by atoms with Gasteiger partial charge in [0.05, 0.1) is 0 Å². The molecule has 8 aromatic rings. The van der Waals surface area contributed by atoms with Crippen LogP contribution in [0, 0.1) is 0 Å². The normalized spacial score (nSPS) is 11.5. The summed E-state index contributed by atoms with van der Waals surface area (Å²) < 4.78 is 0. The maximum atomic E-state index is 11.4. The smallest absolute Gasteiger partial charge is 0.124 e. The molecule has 0 fully saturated rings. The Bertz CT molecular complexity index is 2150. The Balaban J connectivity index is 1.42. The first-order valence-corrected chi connectivity index (χ1v) is 14.1. The van der Waals surface area contributed by atoms with Crippen LogP contribution in [0.25, 0.3) is 76.5 Å². The summed E-state index contributed by atoms with van der Waals surface area (Å²) in [5.74, 6) is 0.270. The zero-order valence-corrected chi connectivity index (χ0v) is 22.8. The fourth-order valence-corrected chi connectivity index (χ4v) is 6.61. The van der Waals surface area contributed by atoms with Crippen LogP contribution in [0.2, 0.25) is 0 Å². The van der Waals surface area contributed by atoms with E-state index in [1.807, 2.05) is 36.4 Å². The maximum absolute atomic E-state index is 11.4. The summed E-state index contributed by atoms with van der Waals surface area (Å²) >= 11 is 0. The molecule has 0 unspecified atom stereocenters. The fraction of sp³-hybridized carbons (Fsp3) is 0. The maximum Gasteiger partial charge on any atom is 0.124 e. The van der Waals surface area contributed by atoms with Gasteiger partial charge in [-0.05, 0) is 77.5 Å². The Morgan fingerprint density at radius 1 is 0.262 bits per heavy atom. The lowest BCUT2D eigenvalue weighted by Crippen LogP contribution is -1.91. The van der Waals surface area contributed by atoms with Crippen molar-refractivity contribution in [1.29, 1.82) is 0 Å². The molecule has 0 saturated heterocycles. The first kappa shape index (κ1) is 24.2. The number of phenols is 2. The van der Waals surface area contributed by atoms with Gasteiger partial charge in [-0.1, -0.05) is 133 Å². The molecule has 0 aromatic heterocycles. The second-order valence-corrected chi connectivity index (χ2v) is 10.8. The predicted octanol–water partition coefficient (Wildman–Crippen LogP) is 10.7. The molecule has 2 N–H and O–H groups in total. The van der Waals surface area contributed by atoms with E-state index in [0.29, 0.717) is 11.1 Å². The number of fused-ring (bicyclic) bond motifs is 4. The summed E-state index contributed by atoms with van der Waals surface area (Å²) in [6.45, 7) is 0. The lowest BCUT2D eigenvalue weighted by Gasteiger charge is -2.18. The number of phenolic OH excluding ortho intramolecular Hbond substituents is 2. The van der Waals surface area contributed by atoms with Crippen LogP contribution in [0.3, 0.4) is 0 Å². The third-order valence-electron chi connectivity index (χ3n) is 8.49. The summed E-state index contributed by atoms with van der Waals surface area (Å²) in [5, 5.41) is 31.3. The molecule has 42 heavy (non-hydrogen) atoms. The van der Waals surface area contributed by atoms with Gasteiger partial charge >= 0.3 is 0 Å². The monoisotopic (exact) mass is 538 g/mol. The highest BCUT2D eigenvalue weighted by Crippen LogP contribution is 2.48. The molecule has 8 rings (SSSR count). The van der Waals surface area contributed by atoms with E-state index in [9.17, 15) is 10.2 Å². The highest BCUT2D eigenvalue weighted by molar-refractivity contribution is 6.16. The van der Waals surface area contributed by atoms with Gasteiger partial charge in [0.1, 0.15) is 11.5 Å². The molecule has 0 aliphatic rings. The van der Waals surface area contributed by atoms with E-state index in [-0.39, 0.29) is 11.5 Å². The molecule has 0 bridgehead atoms. The van der Waals surface area contributed by atoms with Crippen LogP contribution in [0.15, 0.2) is 146 Å². The SMILES string of the molecule is Oc1ccc2c(-c3cccc4ccccc34)cccc2c1-c1c(O)ccc2c(-c3cccc4ccccc34)cccc12. The Morgan fingerprint density at radius 2 is 0.595 bits per heavy atom. The van der Waals surface area contributed by atoms with E-state index in [0.717, 1.165) is 43.8 Å². The quantitative estimate of drug-likeness (QED) is 0.235. The predicted molar refractivity (Wildman–Crippen MR) is 176 cm³/mol. The van der Waals surface area contributed by atoms with Crippen molar-refractivity contribution in [1.82, 2.24) is 0 Å². The number of rotatable bonds is 3. The van der Waals surface area contributed by atoms with Crippen LogP contribution < -0.4 is 0 Å². The van der Waals surface area contributed by atoms with Crippen LogP contribution in [-0.2, 0) is 0 Å². The molecule has 198 valence electrons. The molecule has 0 aliphatic heterocycles. The third-order valence-corrected chi connectivity index (χ3v) is 8.49. The topological polar surface area (TPSA) is 40.5 Å². The van der Waals surface area contributed by atoms with Gasteiger partial charge in [-0.15, -0.1) is 0 Å². The summed E-state index contributed by atoms with van der Waals surface area (Å²) in [5.41, 5.74) is 5.70. The zero-order valence-electron chi connectivity index (χ0n) is 22.8. The van der Waals surface area contributed by atoms with Crippen molar-refractivity contribution >= 4 is 43.1 Å². The number of benzene rings is 8. The van der Waals surface area contributed by atoms with Crippen LogP contribution >= 0.6 is 0 Å². The molecule has 0 spiro atoms. The van der Waals surface area contributed by atoms with Gasteiger partial charge in [-0.3, -0.25) is 0 Å². The Kier molecular flexibility index (Phi) is 5.48. The first-order valence-electron chi connectivity index (χ1n) is 14.1. The van der Waals surface area contributed by atoms with Gasteiger partial charge in [-0.25, -0.2) is 0 Å². The molecule has 8 aromatic carbocycles. The average molecular weight is 539 g/mol. The van der Waals surface area contributed by atoms with Crippen molar-refractivity contribution in [3.8, 4) is 44.9 Å². The Morgan fingerprint density at radius 3 is 1.05 bits per heavy atom. The molecule has 2 nitrogen and oxygen atoms in total. The summed E-state index contributed by atoms with van der Waals surface area (Å²) in [4.78, 5) is 0. The number of hydrogen-bond donors (Lipinski definition) is 2. The van der Waals surface area contributed by atoms with Crippen LogP contribution in [0.5, 0.6) is 11.5 Å². The van der Waals surface area contributed by atoms with Crippen molar-refractivity contribution in [2.45, 2.75) is 0 Å². The summed E-state index contributed by atoms with van der Waals surface area (Å²) in [6, 6.07) is 49.4. The lowest BCUT2D eigenvalue weighted by atomic mass is 9.87. The number of aromatic hydroxyl groups is 2. The van der Waals surface area contributed by atoms with E-state index in [1.54, 1.807) is 12.1 Å². The highest BCUT2D eigenvalue weighted by Gasteiger charge is 2.20. The van der Waals surface area contributed by atoms with Gasteiger partial charge in [0.25, 0.3) is 0 Å². The van der Waals surface area contributed by atoms with E-state index < -0.39 is 0 Å². The van der Waals surface area contributed by atoms with Gasteiger partial charge < -0.3 is 10.2 Å². The Labute approximate surface area is 243 Å². The average Bonchev–Trinajstić information content (AvgIpc) is 3.04. The Hall–Kier alpha value is -5.60. The first-order chi connectivity index (χ1) is 20.7. The van der Waals surface area contributed by atoms with Crippen LogP contribution in [0.1, 0.15) is 0 Å². The second-order valence-electron chi connectivity index (χ2n) is 10.8. The zero-order chi connectivity index (χ0) is 28.2. The van der Waals surface area contributed by atoms with Crippen molar-refractivity contribution in [2.24, 2.45) is 0 Å². The van der Waals surface area contributed by atoms with Gasteiger partial charge in [-0.2, -0.15) is 0 Å². The van der Waals surface area contributed by atoms with E-state index in [1.165, 1.54) is 21.5 Å². The van der Waals surface area contributed by atoms with Crippen molar-refractivity contribution in [3.05, 3.63) is 146 Å². The van der Waals surface area contributed by atoms with Crippen LogP contribution in [0.4, 0.5) is 0 Å². The van der Waals surface area contributed by atoms with Gasteiger partial charge in [0, 0.05) is 11.1 Å².